The molecule has 63 heavy (non-hydrogen) atoms. The first-order valence-electron chi connectivity index (χ1n) is 21.9. The molecule has 0 atom stereocenters. The molecule has 0 amide bonds. The second kappa shape index (κ2) is 13.5. The normalized spacial score (nSPS) is 13.0. The number of benzene rings is 11. The standard InChI is InChI=1S/C61H41NO/c1-61(2)55-25-13-12-23-50(55)51-33-29-41(36-56(51)61)58-44-18-7-6-17-40(44)35-54-52-24-14-26-57(59(52)63-60(54)58)62(42-30-27-39(28-31-42)38-15-4-3-5-16-38)43-32-34-49-47-21-9-8-19-45(47)46-20-10-11-22-48(46)53(49)37-43/h3-37H,1-2H3. The van der Waals surface area contributed by atoms with Gasteiger partial charge in [-0.1, -0.05) is 184 Å². The molecule has 0 bridgehead atoms. The van der Waals surface area contributed by atoms with Crippen LogP contribution in [0.25, 0.3) is 98.4 Å². The minimum Gasteiger partial charge on any atom is -0.453 e. The van der Waals surface area contributed by atoms with Gasteiger partial charge in [0.1, 0.15) is 5.58 Å². The smallest absolute Gasteiger partial charge is 0.159 e. The number of nitrogens with zero attached hydrogens (tertiary/aromatic N) is 1. The number of rotatable bonds is 5. The van der Waals surface area contributed by atoms with Crippen LogP contribution in [0.15, 0.2) is 217 Å². The van der Waals surface area contributed by atoms with Crippen LogP contribution in [0.5, 0.6) is 0 Å². The Morgan fingerprint density at radius 2 is 0.921 bits per heavy atom. The predicted molar refractivity (Wildman–Crippen MR) is 267 cm³/mol. The zero-order chi connectivity index (χ0) is 41.8. The summed E-state index contributed by atoms with van der Waals surface area (Å²) in [6, 6.07) is 77.8. The summed E-state index contributed by atoms with van der Waals surface area (Å²) < 4.78 is 7.40. The molecule has 2 heteroatoms. The Kier molecular flexibility index (Phi) is 7.68. The van der Waals surface area contributed by atoms with Crippen molar-refractivity contribution in [3.05, 3.63) is 223 Å². The number of hydrogen-bond acceptors (Lipinski definition) is 2. The molecule has 12 aromatic rings. The fourth-order valence-electron chi connectivity index (χ4n) is 10.8. The van der Waals surface area contributed by atoms with Gasteiger partial charge in [-0.25, -0.2) is 0 Å². The highest BCUT2D eigenvalue weighted by molar-refractivity contribution is 6.26. The van der Waals surface area contributed by atoms with Gasteiger partial charge in [-0.2, -0.15) is 0 Å². The van der Waals surface area contributed by atoms with Crippen molar-refractivity contribution >= 4 is 82.1 Å². The van der Waals surface area contributed by atoms with Gasteiger partial charge in [0.05, 0.1) is 5.69 Å². The van der Waals surface area contributed by atoms with E-state index in [0.29, 0.717) is 0 Å². The Bertz CT molecular complexity index is 3780. The van der Waals surface area contributed by atoms with Crippen LogP contribution >= 0.6 is 0 Å². The predicted octanol–water partition coefficient (Wildman–Crippen LogP) is 17.3. The molecule has 2 nitrogen and oxygen atoms in total. The molecule has 0 radical (unpaired) electrons. The first-order valence-corrected chi connectivity index (χ1v) is 21.9. The van der Waals surface area contributed by atoms with Crippen molar-refractivity contribution in [1.82, 2.24) is 0 Å². The van der Waals surface area contributed by atoms with E-state index in [1.807, 2.05) is 0 Å². The van der Waals surface area contributed by atoms with Gasteiger partial charge in [0.2, 0.25) is 0 Å². The van der Waals surface area contributed by atoms with E-state index in [2.05, 4.69) is 231 Å². The summed E-state index contributed by atoms with van der Waals surface area (Å²) in [7, 11) is 0. The van der Waals surface area contributed by atoms with Crippen molar-refractivity contribution in [1.29, 1.82) is 0 Å². The number of furan rings is 1. The van der Waals surface area contributed by atoms with Crippen molar-refractivity contribution in [3.63, 3.8) is 0 Å². The number of fused-ring (bicyclic) bond motifs is 13. The summed E-state index contributed by atoms with van der Waals surface area (Å²) in [5.74, 6) is 0. The molecule has 296 valence electrons. The SMILES string of the molecule is CC1(C)c2ccccc2-c2ccc(-c3c4ccccc4cc4c3oc3c(N(c5ccc(-c6ccccc6)cc5)c5ccc6c7ccccc7c7ccccc7c6c5)cccc34)cc21. The van der Waals surface area contributed by atoms with E-state index < -0.39 is 0 Å². The lowest BCUT2D eigenvalue weighted by Crippen LogP contribution is -2.14. The molecule has 0 fully saturated rings. The van der Waals surface area contributed by atoms with Crippen LogP contribution in [0.4, 0.5) is 17.1 Å². The van der Waals surface area contributed by atoms with Crippen LogP contribution < -0.4 is 4.90 Å². The molecule has 0 N–H and O–H groups in total. The van der Waals surface area contributed by atoms with E-state index in [4.69, 9.17) is 4.42 Å². The summed E-state index contributed by atoms with van der Waals surface area (Å²) in [4.78, 5) is 2.39. The summed E-state index contributed by atoms with van der Waals surface area (Å²) >= 11 is 0. The molecule has 0 saturated heterocycles. The van der Waals surface area contributed by atoms with E-state index in [9.17, 15) is 0 Å². The molecule has 0 spiro atoms. The van der Waals surface area contributed by atoms with E-state index >= 15 is 0 Å². The number of para-hydroxylation sites is 1. The molecule has 1 heterocycles. The van der Waals surface area contributed by atoms with Crippen LogP contribution in [0.3, 0.4) is 0 Å². The van der Waals surface area contributed by atoms with E-state index in [0.717, 1.165) is 44.6 Å². The van der Waals surface area contributed by atoms with Crippen molar-refractivity contribution in [3.8, 4) is 33.4 Å². The van der Waals surface area contributed by atoms with Crippen molar-refractivity contribution < 1.29 is 4.42 Å². The van der Waals surface area contributed by atoms with Crippen LogP contribution in [0.2, 0.25) is 0 Å². The number of hydrogen-bond donors (Lipinski definition) is 0. The summed E-state index contributed by atoms with van der Waals surface area (Å²) in [6.45, 7) is 4.71. The monoisotopic (exact) mass is 803 g/mol. The molecule has 13 rings (SSSR count). The van der Waals surface area contributed by atoms with Gasteiger partial charge in [-0.3, -0.25) is 0 Å². The van der Waals surface area contributed by atoms with Gasteiger partial charge in [-0.15, -0.1) is 0 Å². The van der Waals surface area contributed by atoms with E-state index in [1.54, 1.807) is 0 Å². The lowest BCUT2D eigenvalue weighted by molar-refractivity contribution is 0.660. The zero-order valence-corrected chi connectivity index (χ0v) is 35.1. The second-order valence-electron chi connectivity index (χ2n) is 17.6. The first-order chi connectivity index (χ1) is 31.0. The van der Waals surface area contributed by atoms with Gasteiger partial charge in [0.25, 0.3) is 0 Å². The average Bonchev–Trinajstić information content (AvgIpc) is 3.83. The highest BCUT2D eigenvalue weighted by Crippen LogP contribution is 2.52. The fourth-order valence-corrected chi connectivity index (χ4v) is 10.8. The quantitative estimate of drug-likeness (QED) is 0.161. The first kappa shape index (κ1) is 35.8. The minimum atomic E-state index is -0.124. The molecule has 1 aliphatic carbocycles. The van der Waals surface area contributed by atoms with Crippen LogP contribution in [-0.2, 0) is 5.41 Å². The van der Waals surface area contributed by atoms with Crippen molar-refractivity contribution in [2.45, 2.75) is 19.3 Å². The lowest BCUT2D eigenvalue weighted by atomic mass is 9.81. The molecular formula is C61H41NO. The van der Waals surface area contributed by atoms with Gasteiger partial charge in [0.15, 0.2) is 5.58 Å². The van der Waals surface area contributed by atoms with Crippen LogP contribution in [0.1, 0.15) is 25.0 Å². The molecule has 11 aromatic carbocycles. The van der Waals surface area contributed by atoms with Gasteiger partial charge >= 0.3 is 0 Å². The molecular weight excluding hydrogens is 763 g/mol. The molecule has 1 aromatic heterocycles. The molecule has 1 aliphatic rings. The fraction of sp³-hybridized carbons (Fsp3) is 0.0492. The third-order valence-electron chi connectivity index (χ3n) is 13.8. The second-order valence-corrected chi connectivity index (χ2v) is 17.6. The van der Waals surface area contributed by atoms with Crippen molar-refractivity contribution in [2.24, 2.45) is 0 Å². The maximum absolute atomic E-state index is 7.40. The van der Waals surface area contributed by atoms with Gasteiger partial charge < -0.3 is 9.32 Å². The van der Waals surface area contributed by atoms with Crippen LogP contribution in [-0.4, -0.2) is 0 Å². The lowest BCUT2D eigenvalue weighted by Gasteiger charge is -2.26. The highest BCUT2D eigenvalue weighted by Gasteiger charge is 2.35. The van der Waals surface area contributed by atoms with E-state index in [-0.39, 0.29) is 5.41 Å². The van der Waals surface area contributed by atoms with Crippen LogP contribution in [0, 0.1) is 0 Å². The summed E-state index contributed by atoms with van der Waals surface area (Å²) in [5.41, 5.74) is 14.8. The Balaban J connectivity index is 1.07. The molecule has 0 unspecified atom stereocenters. The van der Waals surface area contributed by atoms with Crippen molar-refractivity contribution in [2.75, 3.05) is 4.90 Å². The highest BCUT2D eigenvalue weighted by atomic mass is 16.3. The third kappa shape index (κ3) is 5.31. The maximum atomic E-state index is 7.40. The third-order valence-corrected chi connectivity index (χ3v) is 13.8. The van der Waals surface area contributed by atoms with Gasteiger partial charge in [-0.05, 0) is 124 Å². The summed E-state index contributed by atoms with van der Waals surface area (Å²) in [6.07, 6.45) is 0. The Morgan fingerprint density at radius 1 is 0.349 bits per heavy atom. The number of anilines is 3. The maximum Gasteiger partial charge on any atom is 0.159 e. The topological polar surface area (TPSA) is 16.4 Å². The Hall–Kier alpha value is -7.94. The summed E-state index contributed by atoms with van der Waals surface area (Å²) in [5, 5.41) is 12.1. The Labute approximate surface area is 365 Å². The zero-order valence-electron chi connectivity index (χ0n) is 35.1. The minimum absolute atomic E-state index is 0.124. The average molecular weight is 804 g/mol. The largest absolute Gasteiger partial charge is 0.453 e. The van der Waals surface area contributed by atoms with E-state index in [1.165, 1.54) is 82.0 Å². The van der Waals surface area contributed by atoms with Gasteiger partial charge in [0, 0.05) is 33.1 Å². The Morgan fingerprint density at radius 3 is 1.68 bits per heavy atom. The molecule has 0 saturated carbocycles. The molecule has 0 aliphatic heterocycles.